The third-order valence-electron chi connectivity index (χ3n) is 3.99. The first kappa shape index (κ1) is 13.3. The minimum Gasteiger partial charge on any atom is -0.493 e. The SMILES string of the molecule is COc1c(F)ccc(F)c1C1(CN)CCCCC1. The predicted octanol–water partition coefficient (Wildman–Crippen LogP) is 3.13. The normalized spacial score (nSPS) is 18.7. The number of halogens is 2. The molecule has 2 N–H and O–H groups in total. The fourth-order valence-corrected chi connectivity index (χ4v) is 3.01. The average Bonchev–Trinajstić information content (AvgIpc) is 2.41. The Morgan fingerprint density at radius 2 is 1.78 bits per heavy atom. The fraction of sp³-hybridized carbons (Fsp3) is 0.571. The molecular weight excluding hydrogens is 236 g/mol. The van der Waals surface area contributed by atoms with Gasteiger partial charge in [0, 0.05) is 17.5 Å². The van der Waals surface area contributed by atoms with Crippen LogP contribution in [0.4, 0.5) is 8.78 Å². The van der Waals surface area contributed by atoms with Gasteiger partial charge in [0.1, 0.15) is 5.82 Å². The molecule has 100 valence electrons. The van der Waals surface area contributed by atoms with E-state index in [0.717, 1.165) is 38.2 Å². The molecule has 1 aliphatic rings. The van der Waals surface area contributed by atoms with Crippen LogP contribution in [0.1, 0.15) is 37.7 Å². The molecule has 1 saturated carbocycles. The van der Waals surface area contributed by atoms with Crippen molar-refractivity contribution in [2.24, 2.45) is 5.73 Å². The first-order chi connectivity index (χ1) is 8.64. The molecule has 2 rings (SSSR count). The summed E-state index contributed by atoms with van der Waals surface area (Å²) < 4.78 is 33.0. The average molecular weight is 255 g/mol. The van der Waals surface area contributed by atoms with Crippen LogP contribution in [0, 0.1) is 11.6 Å². The maximum atomic E-state index is 14.1. The summed E-state index contributed by atoms with van der Waals surface area (Å²) in [5, 5.41) is 0. The number of methoxy groups -OCH3 is 1. The fourth-order valence-electron chi connectivity index (χ4n) is 3.01. The Hall–Kier alpha value is -1.16. The Balaban J connectivity index is 2.56. The molecule has 0 aliphatic heterocycles. The summed E-state index contributed by atoms with van der Waals surface area (Å²) in [5.74, 6) is -0.921. The van der Waals surface area contributed by atoms with Gasteiger partial charge in [-0.05, 0) is 25.0 Å². The van der Waals surface area contributed by atoms with Gasteiger partial charge in [0.25, 0.3) is 0 Å². The molecule has 0 amide bonds. The number of ether oxygens (including phenoxy) is 1. The van der Waals surface area contributed by atoms with Gasteiger partial charge in [0.05, 0.1) is 7.11 Å². The topological polar surface area (TPSA) is 35.2 Å². The van der Waals surface area contributed by atoms with Crippen molar-refractivity contribution in [3.05, 3.63) is 29.3 Å². The van der Waals surface area contributed by atoms with Gasteiger partial charge in [-0.2, -0.15) is 0 Å². The van der Waals surface area contributed by atoms with Crippen LogP contribution in [0.2, 0.25) is 0 Å². The molecule has 0 aromatic heterocycles. The van der Waals surface area contributed by atoms with Gasteiger partial charge in [-0.3, -0.25) is 0 Å². The molecule has 0 heterocycles. The van der Waals surface area contributed by atoms with E-state index >= 15 is 0 Å². The van der Waals surface area contributed by atoms with Gasteiger partial charge in [-0.1, -0.05) is 19.3 Å². The second kappa shape index (κ2) is 5.22. The minimum atomic E-state index is -0.521. The maximum Gasteiger partial charge on any atom is 0.165 e. The van der Waals surface area contributed by atoms with Crippen molar-refractivity contribution in [3.8, 4) is 5.75 Å². The van der Waals surface area contributed by atoms with Crippen LogP contribution in [0.15, 0.2) is 12.1 Å². The lowest BCUT2D eigenvalue weighted by Crippen LogP contribution is -2.38. The Bertz CT molecular complexity index is 428. The van der Waals surface area contributed by atoms with Gasteiger partial charge < -0.3 is 10.5 Å². The second-order valence-electron chi connectivity index (χ2n) is 4.98. The van der Waals surface area contributed by atoms with E-state index in [2.05, 4.69) is 0 Å². The molecule has 18 heavy (non-hydrogen) atoms. The predicted molar refractivity (Wildman–Crippen MR) is 66.7 cm³/mol. The minimum absolute atomic E-state index is 0.0161. The summed E-state index contributed by atoms with van der Waals surface area (Å²) in [6, 6.07) is 2.27. The molecular formula is C14H19F2NO. The highest BCUT2D eigenvalue weighted by molar-refractivity contribution is 5.42. The number of hydrogen-bond acceptors (Lipinski definition) is 2. The van der Waals surface area contributed by atoms with E-state index in [1.165, 1.54) is 13.2 Å². The summed E-state index contributed by atoms with van der Waals surface area (Å²) in [4.78, 5) is 0. The van der Waals surface area contributed by atoms with E-state index in [9.17, 15) is 8.78 Å². The Morgan fingerprint density at radius 3 is 2.33 bits per heavy atom. The zero-order chi connectivity index (χ0) is 13.2. The zero-order valence-corrected chi connectivity index (χ0v) is 10.6. The number of benzene rings is 1. The molecule has 1 aliphatic carbocycles. The number of hydrogen-bond donors (Lipinski definition) is 1. The summed E-state index contributed by atoms with van der Waals surface area (Å²) in [6.45, 7) is 0.323. The smallest absolute Gasteiger partial charge is 0.165 e. The molecule has 0 radical (unpaired) electrons. The molecule has 0 atom stereocenters. The third kappa shape index (κ3) is 2.09. The molecule has 0 bridgehead atoms. The van der Waals surface area contributed by atoms with Gasteiger partial charge in [0.2, 0.25) is 0 Å². The van der Waals surface area contributed by atoms with Gasteiger partial charge in [-0.25, -0.2) is 8.78 Å². The molecule has 0 saturated heterocycles. The van der Waals surface area contributed by atoms with E-state index in [1.54, 1.807) is 0 Å². The van der Waals surface area contributed by atoms with Crippen LogP contribution in [-0.2, 0) is 5.41 Å². The lowest BCUT2D eigenvalue weighted by atomic mass is 9.69. The summed E-state index contributed by atoms with van der Waals surface area (Å²) in [5.41, 5.74) is 5.72. The van der Waals surface area contributed by atoms with Gasteiger partial charge in [-0.15, -0.1) is 0 Å². The van der Waals surface area contributed by atoms with Crippen LogP contribution in [-0.4, -0.2) is 13.7 Å². The highest BCUT2D eigenvalue weighted by Crippen LogP contribution is 2.44. The Morgan fingerprint density at radius 1 is 1.17 bits per heavy atom. The van der Waals surface area contributed by atoms with Crippen molar-refractivity contribution in [2.75, 3.05) is 13.7 Å². The van der Waals surface area contributed by atoms with Crippen molar-refractivity contribution in [3.63, 3.8) is 0 Å². The largest absolute Gasteiger partial charge is 0.493 e. The monoisotopic (exact) mass is 255 g/mol. The quantitative estimate of drug-likeness (QED) is 0.900. The first-order valence-electron chi connectivity index (χ1n) is 6.37. The van der Waals surface area contributed by atoms with Crippen LogP contribution in [0.3, 0.4) is 0 Å². The third-order valence-corrected chi connectivity index (χ3v) is 3.99. The number of rotatable bonds is 3. The maximum absolute atomic E-state index is 14.1. The number of nitrogens with two attached hydrogens (primary N) is 1. The summed E-state index contributed by atoms with van der Waals surface area (Å²) in [7, 11) is 1.37. The lowest BCUT2D eigenvalue weighted by molar-refractivity contribution is 0.273. The van der Waals surface area contributed by atoms with Crippen molar-refractivity contribution in [2.45, 2.75) is 37.5 Å². The Labute approximate surface area is 106 Å². The highest BCUT2D eigenvalue weighted by Gasteiger charge is 2.38. The standard InChI is InChI=1S/C14H19F2NO/c1-18-13-11(16)6-5-10(15)12(13)14(9-17)7-3-2-4-8-14/h5-6H,2-4,7-9,17H2,1H3. The summed E-state index contributed by atoms with van der Waals surface area (Å²) in [6.07, 6.45) is 4.70. The first-order valence-corrected chi connectivity index (χ1v) is 6.37. The molecule has 0 unspecified atom stereocenters. The van der Waals surface area contributed by atoms with Crippen LogP contribution in [0.25, 0.3) is 0 Å². The van der Waals surface area contributed by atoms with Crippen LogP contribution >= 0.6 is 0 Å². The Kier molecular flexibility index (Phi) is 3.85. The van der Waals surface area contributed by atoms with E-state index in [1.807, 2.05) is 0 Å². The second-order valence-corrected chi connectivity index (χ2v) is 4.98. The summed E-state index contributed by atoms with van der Waals surface area (Å²) >= 11 is 0. The molecule has 1 fully saturated rings. The molecule has 4 heteroatoms. The molecule has 2 nitrogen and oxygen atoms in total. The van der Waals surface area contributed by atoms with E-state index in [0.29, 0.717) is 12.1 Å². The lowest BCUT2D eigenvalue weighted by Gasteiger charge is -2.37. The highest BCUT2D eigenvalue weighted by atomic mass is 19.1. The van der Waals surface area contributed by atoms with Crippen molar-refractivity contribution in [1.29, 1.82) is 0 Å². The van der Waals surface area contributed by atoms with Crippen LogP contribution < -0.4 is 10.5 Å². The van der Waals surface area contributed by atoms with E-state index in [4.69, 9.17) is 10.5 Å². The zero-order valence-electron chi connectivity index (χ0n) is 10.6. The molecule has 0 spiro atoms. The molecule has 1 aromatic carbocycles. The van der Waals surface area contributed by atoms with Crippen molar-refractivity contribution < 1.29 is 13.5 Å². The van der Waals surface area contributed by atoms with Gasteiger partial charge in [0.15, 0.2) is 11.6 Å². The van der Waals surface area contributed by atoms with Crippen molar-refractivity contribution >= 4 is 0 Å². The molecule has 1 aromatic rings. The van der Waals surface area contributed by atoms with Crippen LogP contribution in [0.5, 0.6) is 5.75 Å². The van der Waals surface area contributed by atoms with E-state index < -0.39 is 17.0 Å². The van der Waals surface area contributed by atoms with Crippen molar-refractivity contribution in [1.82, 2.24) is 0 Å². The van der Waals surface area contributed by atoms with E-state index in [-0.39, 0.29) is 5.75 Å². The van der Waals surface area contributed by atoms with Gasteiger partial charge >= 0.3 is 0 Å².